The van der Waals surface area contributed by atoms with Gasteiger partial charge in [-0.05, 0) is 30.3 Å². The first-order chi connectivity index (χ1) is 13.1. The number of anilines is 2. The lowest BCUT2D eigenvalue weighted by atomic mass is 10.1. The third-order valence-corrected chi connectivity index (χ3v) is 4.67. The second-order valence-electron chi connectivity index (χ2n) is 6.42. The number of morpholine rings is 1. The van der Waals surface area contributed by atoms with Crippen LogP contribution in [0.5, 0.6) is 0 Å². The van der Waals surface area contributed by atoms with Crippen molar-refractivity contribution in [3.05, 3.63) is 64.6 Å². The Kier molecular flexibility index (Phi) is 4.60. The fraction of sp³-hybridized carbons (Fsp3) is 0.250. The zero-order chi connectivity index (χ0) is 18.8. The number of aryl methyl sites for hydroxylation is 1. The van der Waals surface area contributed by atoms with Crippen molar-refractivity contribution < 1.29 is 9.53 Å². The van der Waals surface area contributed by atoms with E-state index >= 15 is 0 Å². The molecule has 1 aliphatic rings. The van der Waals surface area contributed by atoms with Gasteiger partial charge in [-0.15, -0.1) is 0 Å². The minimum absolute atomic E-state index is 0.225. The zero-order valence-electron chi connectivity index (χ0n) is 15.0. The number of nitrogens with zero attached hydrogens (tertiary/aromatic N) is 3. The highest BCUT2D eigenvalue weighted by Crippen LogP contribution is 2.20. The van der Waals surface area contributed by atoms with E-state index in [1.165, 1.54) is 4.68 Å². The first kappa shape index (κ1) is 17.2. The Labute approximate surface area is 156 Å². The molecule has 3 aromatic rings. The maximum absolute atomic E-state index is 12.8. The molecule has 0 aliphatic carbocycles. The molecule has 2 aromatic carbocycles. The van der Waals surface area contributed by atoms with E-state index in [0.717, 1.165) is 32.0 Å². The number of nitrogens with one attached hydrogen (secondary N) is 1. The molecule has 4 rings (SSSR count). The first-order valence-electron chi connectivity index (χ1n) is 8.83. The first-order valence-corrected chi connectivity index (χ1v) is 8.83. The number of benzene rings is 2. The van der Waals surface area contributed by atoms with E-state index < -0.39 is 0 Å². The molecular weight excluding hydrogens is 344 g/mol. The number of ether oxygens (including phenoxy) is 1. The van der Waals surface area contributed by atoms with Crippen LogP contribution in [0, 0.1) is 0 Å². The second kappa shape index (κ2) is 7.20. The molecule has 1 N–H and O–H groups in total. The van der Waals surface area contributed by atoms with Crippen LogP contribution in [0.3, 0.4) is 0 Å². The molecule has 27 heavy (non-hydrogen) atoms. The Balaban J connectivity index is 1.58. The van der Waals surface area contributed by atoms with Gasteiger partial charge in [-0.2, -0.15) is 5.10 Å². The lowest BCUT2D eigenvalue weighted by molar-refractivity contribution is 0.102. The lowest BCUT2D eigenvalue weighted by Gasteiger charge is -2.28. The van der Waals surface area contributed by atoms with Crippen molar-refractivity contribution in [3.8, 4) is 0 Å². The van der Waals surface area contributed by atoms with E-state index in [1.807, 2.05) is 24.3 Å². The van der Waals surface area contributed by atoms with Crippen LogP contribution in [-0.4, -0.2) is 42.0 Å². The number of carbonyl (C=O) groups excluding carboxylic acids is 1. The summed E-state index contributed by atoms with van der Waals surface area (Å²) in [6, 6.07) is 14.7. The number of aromatic nitrogens is 2. The molecule has 0 radical (unpaired) electrons. The molecule has 7 heteroatoms. The summed E-state index contributed by atoms with van der Waals surface area (Å²) in [5.41, 5.74) is 1.78. The zero-order valence-corrected chi connectivity index (χ0v) is 15.0. The van der Waals surface area contributed by atoms with Gasteiger partial charge in [0.2, 0.25) is 0 Å². The summed E-state index contributed by atoms with van der Waals surface area (Å²) in [5, 5.41) is 8.04. The predicted molar refractivity (Wildman–Crippen MR) is 104 cm³/mol. The smallest absolute Gasteiger partial charge is 0.276 e. The molecule has 0 bridgehead atoms. The van der Waals surface area contributed by atoms with Crippen molar-refractivity contribution in [2.45, 2.75) is 0 Å². The van der Waals surface area contributed by atoms with Gasteiger partial charge in [-0.25, -0.2) is 4.68 Å². The highest BCUT2D eigenvalue weighted by Gasteiger charge is 2.16. The molecule has 1 aliphatic heterocycles. The van der Waals surface area contributed by atoms with Crippen molar-refractivity contribution in [1.29, 1.82) is 0 Å². The van der Waals surface area contributed by atoms with Crippen LogP contribution in [-0.2, 0) is 11.8 Å². The summed E-state index contributed by atoms with van der Waals surface area (Å²) >= 11 is 0. The Morgan fingerprint density at radius 1 is 1.04 bits per heavy atom. The molecular formula is C20H20N4O3. The molecule has 2 heterocycles. The SMILES string of the molecule is Cn1nc(C(=O)Nc2ccc(N3CCOCC3)cc2)c2ccccc2c1=O. The Morgan fingerprint density at radius 2 is 1.70 bits per heavy atom. The maximum atomic E-state index is 12.8. The van der Waals surface area contributed by atoms with Gasteiger partial charge < -0.3 is 15.0 Å². The summed E-state index contributed by atoms with van der Waals surface area (Å²) in [4.78, 5) is 27.2. The van der Waals surface area contributed by atoms with Crippen molar-refractivity contribution in [2.24, 2.45) is 7.05 Å². The van der Waals surface area contributed by atoms with Crippen molar-refractivity contribution >= 4 is 28.1 Å². The van der Waals surface area contributed by atoms with Gasteiger partial charge in [0.15, 0.2) is 5.69 Å². The van der Waals surface area contributed by atoms with Gasteiger partial charge in [-0.1, -0.05) is 18.2 Å². The van der Waals surface area contributed by atoms with Gasteiger partial charge in [0.1, 0.15) is 0 Å². The molecule has 0 spiro atoms. The highest BCUT2D eigenvalue weighted by molar-refractivity contribution is 6.11. The van der Waals surface area contributed by atoms with Crippen LogP contribution in [0.1, 0.15) is 10.5 Å². The number of hydrogen-bond acceptors (Lipinski definition) is 5. The van der Waals surface area contributed by atoms with E-state index in [0.29, 0.717) is 16.5 Å². The summed E-state index contributed by atoms with van der Waals surface area (Å²) in [5.74, 6) is -0.346. The Bertz CT molecular complexity index is 1040. The Hall–Kier alpha value is -3.19. The lowest BCUT2D eigenvalue weighted by Crippen LogP contribution is -2.36. The maximum Gasteiger partial charge on any atom is 0.276 e. The van der Waals surface area contributed by atoms with Gasteiger partial charge in [-0.3, -0.25) is 9.59 Å². The average molecular weight is 364 g/mol. The number of carbonyl (C=O) groups is 1. The fourth-order valence-corrected chi connectivity index (χ4v) is 3.23. The molecule has 1 aromatic heterocycles. The normalized spacial score (nSPS) is 14.3. The second-order valence-corrected chi connectivity index (χ2v) is 6.42. The number of hydrogen-bond donors (Lipinski definition) is 1. The van der Waals surface area contributed by atoms with Gasteiger partial charge in [0, 0.05) is 36.9 Å². The van der Waals surface area contributed by atoms with E-state index in [1.54, 1.807) is 31.3 Å². The van der Waals surface area contributed by atoms with Gasteiger partial charge in [0.25, 0.3) is 11.5 Å². The summed E-state index contributed by atoms with van der Waals surface area (Å²) in [7, 11) is 1.54. The number of fused-ring (bicyclic) bond motifs is 1. The van der Waals surface area contributed by atoms with E-state index in [9.17, 15) is 9.59 Å². The van der Waals surface area contributed by atoms with Gasteiger partial charge in [0.05, 0.1) is 18.6 Å². The van der Waals surface area contributed by atoms with E-state index in [-0.39, 0.29) is 17.2 Å². The quantitative estimate of drug-likeness (QED) is 0.769. The minimum atomic E-state index is -0.346. The van der Waals surface area contributed by atoms with Crippen LogP contribution in [0.25, 0.3) is 10.8 Å². The largest absolute Gasteiger partial charge is 0.378 e. The standard InChI is InChI=1S/C20H20N4O3/c1-23-20(26)17-5-3-2-4-16(17)18(22-23)19(25)21-14-6-8-15(9-7-14)24-10-12-27-13-11-24/h2-9H,10-13H2,1H3,(H,21,25). The van der Waals surface area contributed by atoms with Crippen LogP contribution in [0.2, 0.25) is 0 Å². The molecule has 138 valence electrons. The molecule has 1 amide bonds. The van der Waals surface area contributed by atoms with Crippen molar-refractivity contribution in [2.75, 3.05) is 36.5 Å². The molecule has 1 saturated heterocycles. The summed E-state index contributed by atoms with van der Waals surface area (Å²) < 4.78 is 6.56. The van der Waals surface area contributed by atoms with Gasteiger partial charge >= 0.3 is 0 Å². The summed E-state index contributed by atoms with van der Waals surface area (Å²) in [6.45, 7) is 3.17. The van der Waals surface area contributed by atoms with E-state index in [2.05, 4.69) is 15.3 Å². The fourth-order valence-electron chi connectivity index (χ4n) is 3.23. The molecule has 7 nitrogen and oxygen atoms in total. The van der Waals surface area contributed by atoms with Crippen LogP contribution < -0.4 is 15.8 Å². The Morgan fingerprint density at radius 3 is 2.41 bits per heavy atom. The topological polar surface area (TPSA) is 76.5 Å². The third kappa shape index (κ3) is 3.41. The molecule has 0 unspecified atom stereocenters. The van der Waals surface area contributed by atoms with Crippen LogP contribution in [0.4, 0.5) is 11.4 Å². The van der Waals surface area contributed by atoms with Crippen molar-refractivity contribution in [1.82, 2.24) is 9.78 Å². The molecule has 1 fully saturated rings. The number of rotatable bonds is 3. The summed E-state index contributed by atoms with van der Waals surface area (Å²) in [6.07, 6.45) is 0. The minimum Gasteiger partial charge on any atom is -0.378 e. The molecule has 0 atom stereocenters. The van der Waals surface area contributed by atoms with E-state index in [4.69, 9.17) is 4.74 Å². The number of amides is 1. The van der Waals surface area contributed by atoms with Crippen LogP contribution >= 0.6 is 0 Å². The highest BCUT2D eigenvalue weighted by atomic mass is 16.5. The third-order valence-electron chi connectivity index (χ3n) is 4.67. The van der Waals surface area contributed by atoms with Crippen LogP contribution in [0.15, 0.2) is 53.3 Å². The molecule has 0 saturated carbocycles. The van der Waals surface area contributed by atoms with Crippen molar-refractivity contribution in [3.63, 3.8) is 0 Å². The monoisotopic (exact) mass is 364 g/mol. The average Bonchev–Trinajstić information content (AvgIpc) is 2.72. The predicted octanol–water partition coefficient (Wildman–Crippen LogP) is 2.02.